The summed E-state index contributed by atoms with van der Waals surface area (Å²) < 4.78 is 29.3. The van der Waals surface area contributed by atoms with Gasteiger partial charge in [-0.1, -0.05) is 13.3 Å². The molecular weight excluding hydrogens is 226 g/mol. The summed E-state index contributed by atoms with van der Waals surface area (Å²) in [6.45, 7) is 5.83. The minimum atomic E-state index is -2.92. The first kappa shape index (κ1) is 13.9. The molecule has 16 heavy (non-hydrogen) atoms. The van der Waals surface area contributed by atoms with Gasteiger partial charge in [0, 0.05) is 12.6 Å². The first-order valence-electron chi connectivity index (χ1n) is 6.14. The zero-order valence-electron chi connectivity index (χ0n) is 10.2. The maximum atomic E-state index is 12.0. The van der Waals surface area contributed by atoms with Gasteiger partial charge in [-0.3, -0.25) is 0 Å². The standard InChI is InChI=1S/C11H23NO3S/c1-3-12-10(9-15-4-2)11-7-5-6-8-16(11,13)14/h10-12H,3-9H2,1-2H3. The quantitative estimate of drug-likeness (QED) is 0.762. The lowest BCUT2D eigenvalue weighted by atomic mass is 10.1. The highest BCUT2D eigenvalue weighted by atomic mass is 32.2. The van der Waals surface area contributed by atoms with Gasteiger partial charge in [-0.05, 0) is 26.3 Å². The van der Waals surface area contributed by atoms with Crippen molar-refractivity contribution in [3.63, 3.8) is 0 Å². The van der Waals surface area contributed by atoms with Crippen molar-refractivity contribution < 1.29 is 13.2 Å². The van der Waals surface area contributed by atoms with Crippen molar-refractivity contribution >= 4 is 9.84 Å². The molecule has 1 fully saturated rings. The molecule has 5 heteroatoms. The van der Waals surface area contributed by atoms with E-state index in [1.807, 2.05) is 13.8 Å². The fourth-order valence-electron chi connectivity index (χ4n) is 2.24. The van der Waals surface area contributed by atoms with E-state index in [1.54, 1.807) is 0 Å². The maximum Gasteiger partial charge on any atom is 0.154 e. The Bertz CT molecular complexity index is 290. The van der Waals surface area contributed by atoms with E-state index in [0.29, 0.717) is 19.0 Å². The molecule has 2 atom stereocenters. The Balaban J connectivity index is 2.67. The van der Waals surface area contributed by atoms with Crippen LogP contribution >= 0.6 is 0 Å². The van der Waals surface area contributed by atoms with Crippen LogP contribution < -0.4 is 5.32 Å². The molecule has 1 heterocycles. The van der Waals surface area contributed by atoms with Gasteiger partial charge >= 0.3 is 0 Å². The smallest absolute Gasteiger partial charge is 0.154 e. The molecule has 1 aliphatic rings. The van der Waals surface area contributed by atoms with Gasteiger partial charge < -0.3 is 10.1 Å². The van der Waals surface area contributed by atoms with Gasteiger partial charge in [-0.15, -0.1) is 0 Å². The molecule has 0 aromatic carbocycles. The highest BCUT2D eigenvalue weighted by Gasteiger charge is 2.35. The number of likely N-dealkylation sites (N-methyl/N-ethyl adjacent to an activating group) is 1. The van der Waals surface area contributed by atoms with E-state index in [2.05, 4.69) is 5.32 Å². The lowest BCUT2D eigenvalue weighted by Gasteiger charge is -2.30. The monoisotopic (exact) mass is 249 g/mol. The fraction of sp³-hybridized carbons (Fsp3) is 1.00. The third-order valence-corrected chi connectivity index (χ3v) is 5.39. The van der Waals surface area contributed by atoms with Gasteiger partial charge in [-0.25, -0.2) is 8.42 Å². The summed E-state index contributed by atoms with van der Waals surface area (Å²) in [6, 6.07) is -0.0461. The Labute approximate surface area is 98.7 Å². The molecule has 0 spiro atoms. The number of ether oxygens (including phenoxy) is 1. The fourth-order valence-corrected chi connectivity index (χ4v) is 4.35. The van der Waals surface area contributed by atoms with E-state index in [9.17, 15) is 8.42 Å². The third-order valence-electron chi connectivity index (χ3n) is 3.05. The zero-order valence-corrected chi connectivity index (χ0v) is 11.1. The summed E-state index contributed by atoms with van der Waals surface area (Å²) in [7, 11) is -2.92. The number of sulfone groups is 1. The summed E-state index contributed by atoms with van der Waals surface area (Å²) >= 11 is 0. The second-order valence-electron chi connectivity index (χ2n) is 4.22. The van der Waals surface area contributed by atoms with Crippen molar-refractivity contribution in [1.29, 1.82) is 0 Å². The number of hydrogen-bond acceptors (Lipinski definition) is 4. The van der Waals surface area contributed by atoms with Crippen LogP contribution in [-0.4, -0.2) is 45.2 Å². The Kier molecular flexibility index (Phi) is 5.72. The molecule has 0 radical (unpaired) electrons. The molecule has 0 saturated carbocycles. The normalized spacial score (nSPS) is 26.5. The molecule has 1 rings (SSSR count). The highest BCUT2D eigenvalue weighted by molar-refractivity contribution is 7.92. The molecule has 0 aromatic rings. The van der Waals surface area contributed by atoms with E-state index in [4.69, 9.17) is 4.74 Å². The minimum Gasteiger partial charge on any atom is -0.380 e. The number of hydrogen-bond donors (Lipinski definition) is 1. The topological polar surface area (TPSA) is 55.4 Å². The maximum absolute atomic E-state index is 12.0. The van der Waals surface area contributed by atoms with Crippen LogP contribution in [0.1, 0.15) is 33.1 Å². The van der Waals surface area contributed by atoms with Crippen LogP contribution in [0.3, 0.4) is 0 Å². The van der Waals surface area contributed by atoms with Gasteiger partial charge in [0.1, 0.15) is 0 Å². The predicted molar refractivity (Wildman–Crippen MR) is 65.4 cm³/mol. The van der Waals surface area contributed by atoms with Crippen molar-refractivity contribution in [3.8, 4) is 0 Å². The molecule has 1 aliphatic heterocycles. The first-order valence-corrected chi connectivity index (χ1v) is 7.86. The summed E-state index contributed by atoms with van der Waals surface area (Å²) in [4.78, 5) is 0. The zero-order chi connectivity index (χ0) is 12.0. The summed E-state index contributed by atoms with van der Waals surface area (Å²) in [5.41, 5.74) is 0. The third kappa shape index (κ3) is 3.71. The number of nitrogens with one attached hydrogen (secondary N) is 1. The van der Waals surface area contributed by atoms with Gasteiger partial charge in [0.05, 0.1) is 17.6 Å². The summed E-state index contributed by atoms with van der Waals surface area (Å²) in [6.07, 6.45) is 2.59. The largest absolute Gasteiger partial charge is 0.380 e. The average molecular weight is 249 g/mol. The van der Waals surface area contributed by atoms with E-state index >= 15 is 0 Å². The molecule has 0 amide bonds. The Morgan fingerprint density at radius 1 is 1.38 bits per heavy atom. The molecular formula is C11H23NO3S. The van der Waals surface area contributed by atoms with Crippen molar-refractivity contribution in [2.24, 2.45) is 0 Å². The Morgan fingerprint density at radius 2 is 2.12 bits per heavy atom. The SMILES string of the molecule is CCNC(COCC)C1CCCCS1(=O)=O. The van der Waals surface area contributed by atoms with Crippen molar-refractivity contribution in [3.05, 3.63) is 0 Å². The van der Waals surface area contributed by atoms with Gasteiger partial charge in [0.15, 0.2) is 9.84 Å². The molecule has 1 N–H and O–H groups in total. The van der Waals surface area contributed by atoms with Crippen LogP contribution in [0.2, 0.25) is 0 Å². The van der Waals surface area contributed by atoms with Crippen LogP contribution in [0, 0.1) is 0 Å². The molecule has 4 nitrogen and oxygen atoms in total. The molecule has 0 aromatic heterocycles. The minimum absolute atomic E-state index is 0.0461. The van der Waals surface area contributed by atoms with E-state index in [1.165, 1.54) is 0 Å². The van der Waals surface area contributed by atoms with E-state index < -0.39 is 9.84 Å². The van der Waals surface area contributed by atoms with Crippen molar-refractivity contribution in [2.45, 2.75) is 44.4 Å². The van der Waals surface area contributed by atoms with Crippen LogP contribution in [-0.2, 0) is 14.6 Å². The lowest BCUT2D eigenvalue weighted by molar-refractivity contribution is 0.120. The van der Waals surface area contributed by atoms with Gasteiger partial charge in [0.25, 0.3) is 0 Å². The predicted octanol–water partition coefficient (Wildman–Crippen LogP) is 0.968. The second kappa shape index (κ2) is 6.57. The lowest BCUT2D eigenvalue weighted by Crippen LogP contribution is -2.49. The number of rotatable bonds is 6. The van der Waals surface area contributed by atoms with E-state index in [0.717, 1.165) is 25.8 Å². The van der Waals surface area contributed by atoms with Crippen LogP contribution in [0.25, 0.3) is 0 Å². The average Bonchev–Trinajstić information content (AvgIpc) is 2.24. The van der Waals surface area contributed by atoms with E-state index in [-0.39, 0.29) is 11.3 Å². The highest BCUT2D eigenvalue weighted by Crippen LogP contribution is 2.22. The van der Waals surface area contributed by atoms with Crippen LogP contribution in [0.4, 0.5) is 0 Å². The summed E-state index contributed by atoms with van der Waals surface area (Å²) in [5, 5.41) is 2.98. The molecule has 96 valence electrons. The van der Waals surface area contributed by atoms with Gasteiger partial charge in [-0.2, -0.15) is 0 Å². The molecule has 2 unspecified atom stereocenters. The second-order valence-corrected chi connectivity index (χ2v) is 6.56. The molecule has 1 saturated heterocycles. The van der Waals surface area contributed by atoms with Crippen LogP contribution in [0.15, 0.2) is 0 Å². The van der Waals surface area contributed by atoms with Crippen molar-refractivity contribution in [1.82, 2.24) is 5.32 Å². The Hall–Kier alpha value is -0.130. The molecule has 0 aliphatic carbocycles. The Morgan fingerprint density at radius 3 is 2.69 bits per heavy atom. The van der Waals surface area contributed by atoms with Crippen molar-refractivity contribution in [2.75, 3.05) is 25.5 Å². The van der Waals surface area contributed by atoms with Gasteiger partial charge in [0.2, 0.25) is 0 Å². The molecule has 0 bridgehead atoms. The first-order chi connectivity index (χ1) is 7.61. The van der Waals surface area contributed by atoms with Crippen LogP contribution in [0.5, 0.6) is 0 Å². The summed E-state index contributed by atoms with van der Waals surface area (Å²) in [5.74, 6) is 0.339.